The van der Waals surface area contributed by atoms with E-state index in [4.69, 9.17) is 0 Å². The molecule has 5 nitrogen and oxygen atoms in total. The lowest BCUT2D eigenvalue weighted by Gasteiger charge is -2.23. The van der Waals surface area contributed by atoms with Gasteiger partial charge < -0.3 is 20.4 Å². The molecule has 130 valence electrons. The first-order valence-corrected chi connectivity index (χ1v) is 8.83. The monoisotopic (exact) mass is 346 g/mol. The van der Waals surface area contributed by atoms with E-state index < -0.39 is 0 Å². The number of benzene rings is 1. The van der Waals surface area contributed by atoms with Crippen LogP contribution in [0.2, 0.25) is 0 Å². The second-order valence-corrected chi connectivity index (χ2v) is 7.10. The topological polar surface area (TPSA) is 47.6 Å². The molecule has 2 aromatic rings. The predicted octanol–water partition coefficient (Wildman–Crippen LogP) is 2.92. The highest BCUT2D eigenvalue weighted by Gasteiger charge is 2.15. The number of urea groups is 1. The lowest BCUT2D eigenvalue weighted by molar-refractivity contribution is 0.233. The van der Waals surface area contributed by atoms with Gasteiger partial charge in [-0.25, -0.2) is 4.79 Å². The summed E-state index contributed by atoms with van der Waals surface area (Å²) in [5.74, 6) is 0. The average molecular weight is 347 g/mol. The first kappa shape index (κ1) is 18.3. The van der Waals surface area contributed by atoms with E-state index in [1.807, 2.05) is 58.5 Å². The molecule has 0 spiro atoms. The van der Waals surface area contributed by atoms with Gasteiger partial charge in [0, 0.05) is 37.7 Å². The second-order valence-electron chi connectivity index (χ2n) is 6.12. The number of nitrogens with zero attached hydrogens (tertiary/aromatic N) is 2. The summed E-state index contributed by atoms with van der Waals surface area (Å²) in [4.78, 5) is 17.5. The molecule has 0 aliphatic carbocycles. The van der Waals surface area contributed by atoms with E-state index in [1.54, 1.807) is 11.3 Å². The first-order chi connectivity index (χ1) is 11.5. The lowest BCUT2D eigenvalue weighted by Crippen LogP contribution is -2.40. The number of rotatable bonds is 7. The molecule has 0 saturated carbocycles. The Hall–Kier alpha value is -2.05. The van der Waals surface area contributed by atoms with Gasteiger partial charge in [0.15, 0.2) is 0 Å². The Morgan fingerprint density at radius 3 is 2.33 bits per heavy atom. The molecule has 2 amide bonds. The standard InChI is InChI=1S/C18H26N4OS/c1-21(2)15-9-7-14(8-10-15)12-19-18(23)20-13-16(22(3)4)17-6-5-11-24-17/h5-11,16H,12-13H2,1-4H3,(H2,19,20,23). The van der Waals surface area contributed by atoms with Crippen molar-refractivity contribution in [3.05, 3.63) is 52.2 Å². The fourth-order valence-corrected chi connectivity index (χ4v) is 3.29. The van der Waals surface area contributed by atoms with E-state index >= 15 is 0 Å². The zero-order valence-corrected chi connectivity index (χ0v) is 15.6. The maximum Gasteiger partial charge on any atom is 0.315 e. The second kappa shape index (κ2) is 8.70. The Morgan fingerprint density at radius 2 is 1.79 bits per heavy atom. The van der Waals surface area contributed by atoms with Gasteiger partial charge in [-0.1, -0.05) is 18.2 Å². The molecule has 0 fully saturated rings. The summed E-state index contributed by atoms with van der Waals surface area (Å²) >= 11 is 1.71. The van der Waals surface area contributed by atoms with Gasteiger partial charge in [-0.2, -0.15) is 0 Å². The van der Waals surface area contributed by atoms with Crippen molar-refractivity contribution in [2.24, 2.45) is 0 Å². The minimum absolute atomic E-state index is 0.143. The van der Waals surface area contributed by atoms with Crippen LogP contribution in [-0.4, -0.2) is 45.7 Å². The molecule has 1 aromatic carbocycles. The molecule has 1 unspecified atom stereocenters. The van der Waals surface area contributed by atoms with Crippen LogP contribution in [0.1, 0.15) is 16.5 Å². The van der Waals surface area contributed by atoms with Crippen LogP contribution in [0.15, 0.2) is 41.8 Å². The molecule has 1 atom stereocenters. The summed E-state index contributed by atoms with van der Waals surface area (Å²) in [5, 5.41) is 7.93. The summed E-state index contributed by atoms with van der Waals surface area (Å²) in [7, 11) is 8.07. The Morgan fingerprint density at radius 1 is 1.08 bits per heavy atom. The maximum atomic E-state index is 12.0. The Labute approximate surface area is 148 Å². The van der Waals surface area contributed by atoms with Crippen LogP contribution < -0.4 is 15.5 Å². The number of amides is 2. The normalized spacial score (nSPS) is 12.0. The summed E-state index contributed by atoms with van der Waals surface area (Å²) < 4.78 is 0. The molecule has 1 aromatic heterocycles. The van der Waals surface area contributed by atoms with Gasteiger partial charge in [-0.15, -0.1) is 11.3 Å². The van der Waals surface area contributed by atoms with Crippen molar-refractivity contribution >= 4 is 23.1 Å². The molecular formula is C18H26N4OS. The van der Waals surface area contributed by atoms with Gasteiger partial charge in [0.25, 0.3) is 0 Å². The largest absolute Gasteiger partial charge is 0.378 e. The Balaban J connectivity index is 1.80. The van der Waals surface area contributed by atoms with E-state index in [-0.39, 0.29) is 12.1 Å². The van der Waals surface area contributed by atoms with E-state index in [1.165, 1.54) is 4.88 Å². The zero-order chi connectivity index (χ0) is 17.5. The van der Waals surface area contributed by atoms with E-state index in [9.17, 15) is 4.79 Å². The molecule has 2 rings (SSSR count). The summed E-state index contributed by atoms with van der Waals surface area (Å²) in [6.07, 6.45) is 0. The Bertz CT molecular complexity index is 623. The third kappa shape index (κ3) is 5.25. The van der Waals surface area contributed by atoms with Crippen LogP contribution in [0.3, 0.4) is 0 Å². The molecule has 0 saturated heterocycles. The fourth-order valence-electron chi connectivity index (χ4n) is 2.36. The molecule has 1 heterocycles. The maximum absolute atomic E-state index is 12.0. The quantitative estimate of drug-likeness (QED) is 0.810. The molecule has 24 heavy (non-hydrogen) atoms. The molecule has 2 N–H and O–H groups in total. The first-order valence-electron chi connectivity index (χ1n) is 7.95. The summed E-state index contributed by atoms with van der Waals surface area (Å²) in [5.41, 5.74) is 2.23. The number of nitrogens with one attached hydrogen (secondary N) is 2. The van der Waals surface area contributed by atoms with Gasteiger partial charge in [0.05, 0.1) is 6.04 Å². The zero-order valence-electron chi connectivity index (χ0n) is 14.7. The molecule has 0 radical (unpaired) electrons. The molecular weight excluding hydrogens is 320 g/mol. The molecule has 6 heteroatoms. The number of hydrogen-bond acceptors (Lipinski definition) is 4. The minimum atomic E-state index is -0.143. The summed E-state index contributed by atoms with van der Waals surface area (Å²) in [6, 6.07) is 12.3. The van der Waals surface area contributed by atoms with Gasteiger partial charge in [-0.3, -0.25) is 0 Å². The molecule has 0 aliphatic heterocycles. The van der Waals surface area contributed by atoms with E-state index in [0.29, 0.717) is 13.1 Å². The fraction of sp³-hybridized carbons (Fsp3) is 0.389. The van der Waals surface area contributed by atoms with Crippen molar-refractivity contribution in [2.75, 3.05) is 39.6 Å². The third-order valence-corrected chi connectivity index (χ3v) is 4.83. The average Bonchev–Trinajstić information content (AvgIpc) is 3.07. The summed E-state index contributed by atoms with van der Waals surface area (Å²) in [6.45, 7) is 1.10. The number of hydrogen-bond donors (Lipinski definition) is 2. The number of carbonyl (C=O) groups excluding carboxylic acids is 1. The van der Waals surface area contributed by atoms with Crippen molar-refractivity contribution in [2.45, 2.75) is 12.6 Å². The van der Waals surface area contributed by atoms with Crippen LogP contribution in [0.4, 0.5) is 10.5 Å². The van der Waals surface area contributed by atoms with Crippen molar-refractivity contribution in [3.63, 3.8) is 0 Å². The SMILES string of the molecule is CN(C)c1ccc(CNC(=O)NCC(c2cccs2)N(C)C)cc1. The number of thiophene rings is 1. The van der Waals surface area contributed by atoms with Crippen LogP contribution in [0.5, 0.6) is 0 Å². The van der Waals surface area contributed by atoms with Crippen molar-refractivity contribution in [1.29, 1.82) is 0 Å². The van der Waals surface area contributed by atoms with Crippen molar-refractivity contribution < 1.29 is 4.79 Å². The van der Waals surface area contributed by atoms with Gasteiger partial charge in [-0.05, 0) is 43.2 Å². The van der Waals surface area contributed by atoms with Gasteiger partial charge >= 0.3 is 6.03 Å². The number of likely N-dealkylation sites (N-methyl/N-ethyl adjacent to an activating group) is 1. The third-order valence-electron chi connectivity index (χ3n) is 3.86. The van der Waals surface area contributed by atoms with Crippen molar-refractivity contribution in [1.82, 2.24) is 15.5 Å². The van der Waals surface area contributed by atoms with Crippen LogP contribution in [-0.2, 0) is 6.54 Å². The number of carbonyl (C=O) groups is 1. The minimum Gasteiger partial charge on any atom is -0.378 e. The highest BCUT2D eigenvalue weighted by Crippen LogP contribution is 2.22. The van der Waals surface area contributed by atoms with E-state index in [2.05, 4.69) is 31.9 Å². The number of anilines is 1. The molecule has 0 aliphatic rings. The van der Waals surface area contributed by atoms with Gasteiger partial charge in [0.1, 0.15) is 0 Å². The van der Waals surface area contributed by atoms with E-state index in [0.717, 1.165) is 11.3 Å². The highest BCUT2D eigenvalue weighted by molar-refractivity contribution is 7.10. The highest BCUT2D eigenvalue weighted by atomic mass is 32.1. The predicted molar refractivity (Wildman–Crippen MR) is 102 cm³/mol. The lowest BCUT2D eigenvalue weighted by atomic mass is 10.2. The van der Waals surface area contributed by atoms with Crippen LogP contribution in [0, 0.1) is 0 Å². The smallest absolute Gasteiger partial charge is 0.315 e. The van der Waals surface area contributed by atoms with Gasteiger partial charge in [0.2, 0.25) is 0 Å². The van der Waals surface area contributed by atoms with Crippen LogP contribution in [0.25, 0.3) is 0 Å². The molecule has 0 bridgehead atoms. The van der Waals surface area contributed by atoms with Crippen molar-refractivity contribution in [3.8, 4) is 0 Å². The Kier molecular flexibility index (Phi) is 6.63. The van der Waals surface area contributed by atoms with Crippen LogP contribution >= 0.6 is 11.3 Å².